The largest absolute Gasteiger partial charge is 0.378 e. The number of anilines is 2. The fraction of sp³-hybridized carbons (Fsp3) is 0.161. The summed E-state index contributed by atoms with van der Waals surface area (Å²) in [5.74, 6) is 0. The molecule has 8 nitrogen and oxygen atoms in total. The minimum absolute atomic E-state index is 0.00922. The number of hydrazone groups is 1. The SMILES string of the molecule is CN(C)c1ccc(C2=NN(c3ccc(S(=O)(=O)NC(=O)NCc4ccccc4)cc3)C(c3ccccc3)C2)cc1. The van der Waals surface area contributed by atoms with E-state index in [9.17, 15) is 13.2 Å². The zero-order valence-corrected chi connectivity index (χ0v) is 23.2. The molecule has 2 amide bonds. The van der Waals surface area contributed by atoms with E-state index in [2.05, 4.69) is 51.3 Å². The average molecular weight is 554 g/mol. The van der Waals surface area contributed by atoms with Crippen molar-refractivity contribution in [2.45, 2.75) is 23.9 Å². The summed E-state index contributed by atoms with van der Waals surface area (Å²) in [6.07, 6.45) is 0.703. The van der Waals surface area contributed by atoms with Crippen LogP contribution in [0.25, 0.3) is 0 Å². The number of rotatable bonds is 8. The average Bonchev–Trinajstić information content (AvgIpc) is 3.43. The second kappa shape index (κ2) is 11.6. The number of carbonyl (C=O) groups excluding carboxylic acids is 1. The predicted octanol–water partition coefficient (Wildman–Crippen LogP) is 5.30. The number of hydrogen-bond acceptors (Lipinski definition) is 6. The van der Waals surface area contributed by atoms with E-state index in [1.165, 1.54) is 12.1 Å². The summed E-state index contributed by atoms with van der Waals surface area (Å²) in [5, 5.41) is 9.47. The lowest BCUT2D eigenvalue weighted by Gasteiger charge is -2.24. The van der Waals surface area contributed by atoms with Crippen LogP contribution in [-0.4, -0.2) is 34.3 Å². The molecule has 4 aromatic carbocycles. The van der Waals surface area contributed by atoms with E-state index >= 15 is 0 Å². The summed E-state index contributed by atoms with van der Waals surface area (Å²) in [5.41, 5.74) is 5.83. The monoisotopic (exact) mass is 553 g/mol. The topological polar surface area (TPSA) is 94.1 Å². The first-order valence-electron chi connectivity index (χ1n) is 12.9. The molecule has 0 spiro atoms. The highest BCUT2D eigenvalue weighted by atomic mass is 32.2. The third-order valence-electron chi connectivity index (χ3n) is 6.75. The number of sulfonamides is 1. The zero-order valence-electron chi connectivity index (χ0n) is 22.4. The minimum Gasteiger partial charge on any atom is -0.378 e. The number of benzene rings is 4. The van der Waals surface area contributed by atoms with Gasteiger partial charge in [-0.25, -0.2) is 17.9 Å². The van der Waals surface area contributed by atoms with Crippen LogP contribution in [0.4, 0.5) is 16.2 Å². The van der Waals surface area contributed by atoms with Crippen LogP contribution in [0.5, 0.6) is 0 Å². The van der Waals surface area contributed by atoms with Gasteiger partial charge in [-0.2, -0.15) is 5.10 Å². The molecule has 1 atom stereocenters. The van der Waals surface area contributed by atoms with Crippen LogP contribution in [0.2, 0.25) is 0 Å². The van der Waals surface area contributed by atoms with Crippen LogP contribution in [0.1, 0.15) is 29.2 Å². The molecule has 0 saturated heterocycles. The quantitative estimate of drug-likeness (QED) is 0.309. The highest BCUT2D eigenvalue weighted by Crippen LogP contribution is 2.37. The Bertz CT molecular complexity index is 1590. The molecule has 2 N–H and O–H groups in total. The molecular formula is C31H31N5O3S. The molecule has 0 aliphatic carbocycles. The van der Waals surface area contributed by atoms with Gasteiger partial charge in [0.15, 0.2) is 0 Å². The van der Waals surface area contributed by atoms with Crippen molar-refractivity contribution in [2.24, 2.45) is 5.10 Å². The Kier molecular flexibility index (Phi) is 7.84. The van der Waals surface area contributed by atoms with Gasteiger partial charge in [0.05, 0.1) is 22.3 Å². The molecule has 1 unspecified atom stereocenters. The number of carbonyl (C=O) groups is 1. The van der Waals surface area contributed by atoms with Gasteiger partial charge in [0, 0.05) is 32.7 Å². The van der Waals surface area contributed by atoms with Gasteiger partial charge in [0.2, 0.25) is 0 Å². The summed E-state index contributed by atoms with van der Waals surface area (Å²) in [6.45, 7) is 0.217. The lowest BCUT2D eigenvalue weighted by molar-refractivity contribution is 0.245. The summed E-state index contributed by atoms with van der Waals surface area (Å²) in [4.78, 5) is 14.3. The van der Waals surface area contributed by atoms with E-state index in [1.807, 2.05) is 67.6 Å². The molecule has 0 aromatic heterocycles. The number of nitrogens with one attached hydrogen (secondary N) is 2. The van der Waals surface area contributed by atoms with Crippen molar-refractivity contribution in [1.82, 2.24) is 10.0 Å². The first kappa shape index (κ1) is 27.0. The normalized spacial score (nSPS) is 14.9. The molecule has 1 aliphatic rings. The summed E-state index contributed by atoms with van der Waals surface area (Å²) in [6, 6.07) is 33.3. The van der Waals surface area contributed by atoms with E-state index in [4.69, 9.17) is 5.10 Å². The van der Waals surface area contributed by atoms with Crippen LogP contribution < -0.4 is 19.9 Å². The molecule has 1 aliphatic heterocycles. The van der Waals surface area contributed by atoms with Crippen molar-refractivity contribution >= 4 is 33.1 Å². The lowest BCUT2D eigenvalue weighted by atomic mass is 9.98. The number of urea groups is 1. The van der Waals surface area contributed by atoms with Crippen LogP contribution in [0.3, 0.4) is 0 Å². The standard InChI is InChI=1S/C31H31N5O3S/c1-35(2)26-15-13-24(14-16-26)29-21-30(25-11-7-4-8-12-25)36(33-29)27-17-19-28(20-18-27)40(38,39)34-31(37)32-22-23-9-5-3-6-10-23/h3-20,30H,21-22H2,1-2H3,(H2,32,34,37). The Hall–Kier alpha value is -4.63. The Morgan fingerprint density at radius 3 is 2.12 bits per heavy atom. The van der Waals surface area contributed by atoms with Crippen LogP contribution >= 0.6 is 0 Å². The second-order valence-electron chi connectivity index (χ2n) is 9.73. The molecule has 40 heavy (non-hydrogen) atoms. The highest BCUT2D eigenvalue weighted by Gasteiger charge is 2.30. The first-order valence-corrected chi connectivity index (χ1v) is 14.4. The molecule has 4 aromatic rings. The maximum atomic E-state index is 12.9. The minimum atomic E-state index is -4.06. The predicted molar refractivity (Wildman–Crippen MR) is 159 cm³/mol. The third-order valence-corrected chi connectivity index (χ3v) is 8.09. The fourth-order valence-corrected chi connectivity index (χ4v) is 5.51. The zero-order chi connectivity index (χ0) is 28.1. The van der Waals surface area contributed by atoms with Gasteiger partial charge in [-0.15, -0.1) is 0 Å². The summed E-state index contributed by atoms with van der Waals surface area (Å²) in [7, 11) is -0.0436. The molecule has 0 fully saturated rings. The van der Waals surface area contributed by atoms with Crippen molar-refractivity contribution in [3.8, 4) is 0 Å². The van der Waals surface area contributed by atoms with Crippen molar-refractivity contribution < 1.29 is 13.2 Å². The van der Waals surface area contributed by atoms with E-state index < -0.39 is 16.1 Å². The molecule has 0 bridgehead atoms. The Morgan fingerprint density at radius 2 is 1.50 bits per heavy atom. The summed E-state index contributed by atoms with van der Waals surface area (Å²) < 4.78 is 27.8. The molecular weight excluding hydrogens is 522 g/mol. The van der Waals surface area contributed by atoms with Gasteiger partial charge < -0.3 is 10.2 Å². The van der Waals surface area contributed by atoms with Crippen molar-refractivity contribution in [2.75, 3.05) is 24.0 Å². The lowest BCUT2D eigenvalue weighted by Crippen LogP contribution is -2.39. The van der Waals surface area contributed by atoms with E-state index in [1.54, 1.807) is 12.1 Å². The number of amides is 2. The molecule has 0 radical (unpaired) electrons. The van der Waals surface area contributed by atoms with Gasteiger partial charge in [-0.05, 0) is 53.1 Å². The maximum Gasteiger partial charge on any atom is 0.328 e. The number of nitrogens with zero attached hydrogens (tertiary/aromatic N) is 3. The maximum absolute atomic E-state index is 12.9. The highest BCUT2D eigenvalue weighted by molar-refractivity contribution is 7.90. The van der Waals surface area contributed by atoms with Crippen molar-refractivity contribution in [1.29, 1.82) is 0 Å². The van der Waals surface area contributed by atoms with Crippen LogP contribution in [0.15, 0.2) is 119 Å². The Morgan fingerprint density at radius 1 is 0.875 bits per heavy atom. The third kappa shape index (κ3) is 6.16. The van der Waals surface area contributed by atoms with Crippen molar-refractivity contribution in [3.63, 3.8) is 0 Å². The van der Waals surface area contributed by atoms with Gasteiger partial charge in [-0.1, -0.05) is 72.8 Å². The van der Waals surface area contributed by atoms with Crippen LogP contribution in [-0.2, 0) is 16.6 Å². The second-order valence-corrected chi connectivity index (χ2v) is 11.4. The van der Waals surface area contributed by atoms with Gasteiger partial charge >= 0.3 is 6.03 Å². The molecule has 204 valence electrons. The molecule has 0 saturated carbocycles. The van der Waals surface area contributed by atoms with Crippen molar-refractivity contribution in [3.05, 3.63) is 126 Å². The Labute approximate surface area is 235 Å². The van der Waals surface area contributed by atoms with Gasteiger partial charge in [0.25, 0.3) is 10.0 Å². The molecule has 1 heterocycles. The van der Waals surface area contributed by atoms with E-state index in [-0.39, 0.29) is 17.5 Å². The fourth-order valence-electron chi connectivity index (χ4n) is 4.58. The van der Waals surface area contributed by atoms with Crippen LogP contribution in [0, 0.1) is 0 Å². The van der Waals surface area contributed by atoms with E-state index in [0.717, 1.165) is 33.8 Å². The number of hydrogen-bond donors (Lipinski definition) is 2. The molecule has 5 rings (SSSR count). The Balaban J connectivity index is 1.35. The smallest absolute Gasteiger partial charge is 0.328 e. The molecule has 9 heteroatoms. The van der Waals surface area contributed by atoms with E-state index in [0.29, 0.717) is 6.42 Å². The summed E-state index contributed by atoms with van der Waals surface area (Å²) >= 11 is 0. The first-order chi connectivity index (χ1) is 19.3. The van der Waals surface area contributed by atoms with Gasteiger partial charge in [0.1, 0.15) is 0 Å². The van der Waals surface area contributed by atoms with Gasteiger partial charge in [-0.3, -0.25) is 5.01 Å².